The van der Waals surface area contributed by atoms with Crippen molar-refractivity contribution >= 4 is 23.5 Å². The van der Waals surface area contributed by atoms with E-state index in [1.165, 1.54) is 0 Å². The van der Waals surface area contributed by atoms with E-state index in [1.54, 1.807) is 6.07 Å². The van der Waals surface area contributed by atoms with Crippen molar-refractivity contribution in [3.63, 3.8) is 0 Å². The molecule has 1 aromatic heterocycles. The van der Waals surface area contributed by atoms with Crippen LogP contribution in [0.4, 0.5) is 11.6 Å². The number of hydrogen-bond acceptors (Lipinski definition) is 6. The Morgan fingerprint density at radius 3 is 1.83 bits per heavy atom. The van der Waals surface area contributed by atoms with Gasteiger partial charge in [0.05, 0.1) is 25.0 Å². The molecule has 8 heteroatoms. The van der Waals surface area contributed by atoms with Crippen LogP contribution in [0.25, 0.3) is 11.4 Å². The first-order valence-electron chi connectivity index (χ1n) is 10.4. The summed E-state index contributed by atoms with van der Waals surface area (Å²) in [6, 6.07) is 11.1. The van der Waals surface area contributed by atoms with Crippen LogP contribution in [0.2, 0.25) is 0 Å². The van der Waals surface area contributed by atoms with Crippen LogP contribution in [-0.2, 0) is 19.1 Å². The third kappa shape index (κ3) is 5.20. The van der Waals surface area contributed by atoms with Crippen molar-refractivity contribution in [2.24, 2.45) is 11.8 Å². The van der Waals surface area contributed by atoms with Gasteiger partial charge >= 0.3 is 0 Å². The van der Waals surface area contributed by atoms with Gasteiger partial charge in [-0.2, -0.15) is 0 Å². The van der Waals surface area contributed by atoms with Crippen LogP contribution >= 0.6 is 0 Å². The standard InChI is InChI=1S/C22H26N4O4/c27-21(16-8-4-10-29-13-16)25-18-12-19(26-22(28)17-9-5-11-30-14-17)24-20(23-18)15-6-2-1-3-7-15/h1-3,6-7,12,16-17H,4-5,8-11,13-14H2,(H2,23,24,25,26,27,28). The fraction of sp³-hybridized carbons (Fsp3) is 0.455. The Morgan fingerprint density at radius 2 is 1.37 bits per heavy atom. The summed E-state index contributed by atoms with van der Waals surface area (Å²) in [5.74, 6) is 0.473. The zero-order chi connectivity index (χ0) is 20.8. The lowest BCUT2D eigenvalue weighted by Crippen LogP contribution is -2.31. The van der Waals surface area contributed by atoms with Gasteiger partial charge in [0.1, 0.15) is 11.6 Å². The highest BCUT2D eigenvalue weighted by molar-refractivity contribution is 5.94. The number of nitrogens with one attached hydrogen (secondary N) is 2. The summed E-state index contributed by atoms with van der Waals surface area (Å²) in [5, 5.41) is 5.74. The topological polar surface area (TPSA) is 102 Å². The van der Waals surface area contributed by atoms with Crippen LogP contribution in [-0.4, -0.2) is 48.2 Å². The largest absolute Gasteiger partial charge is 0.381 e. The molecule has 2 aromatic rings. The second-order valence-electron chi connectivity index (χ2n) is 7.63. The molecule has 3 heterocycles. The number of hydrogen-bond donors (Lipinski definition) is 2. The molecule has 2 aliphatic rings. The predicted octanol–water partition coefficient (Wildman–Crippen LogP) is 2.87. The summed E-state index contributed by atoms with van der Waals surface area (Å²) in [7, 11) is 0. The normalized spacial score (nSPS) is 21.6. The molecule has 1 aromatic carbocycles. The Balaban J connectivity index is 1.56. The summed E-state index contributed by atoms with van der Waals surface area (Å²) in [5.41, 5.74) is 0.797. The van der Waals surface area contributed by atoms with Gasteiger partial charge in [0.25, 0.3) is 0 Å². The van der Waals surface area contributed by atoms with Crippen molar-refractivity contribution in [1.82, 2.24) is 9.97 Å². The van der Waals surface area contributed by atoms with E-state index in [4.69, 9.17) is 9.47 Å². The first-order chi connectivity index (χ1) is 14.7. The molecule has 0 spiro atoms. The molecule has 0 bridgehead atoms. The highest BCUT2D eigenvalue weighted by Crippen LogP contribution is 2.23. The summed E-state index contributed by atoms with van der Waals surface area (Å²) in [6.45, 7) is 2.20. The number of aromatic nitrogens is 2. The first-order valence-corrected chi connectivity index (χ1v) is 10.4. The molecule has 158 valence electrons. The zero-order valence-electron chi connectivity index (χ0n) is 16.8. The number of benzene rings is 1. The molecule has 0 aliphatic carbocycles. The number of amides is 2. The Morgan fingerprint density at radius 1 is 0.833 bits per heavy atom. The summed E-state index contributed by atoms with van der Waals surface area (Å²) >= 11 is 0. The maximum absolute atomic E-state index is 12.6. The molecule has 2 amide bonds. The third-order valence-electron chi connectivity index (χ3n) is 5.32. The van der Waals surface area contributed by atoms with Gasteiger partial charge in [-0.3, -0.25) is 9.59 Å². The van der Waals surface area contributed by atoms with Gasteiger partial charge in [0.15, 0.2) is 5.82 Å². The van der Waals surface area contributed by atoms with Crippen LogP contribution in [0.3, 0.4) is 0 Å². The smallest absolute Gasteiger partial charge is 0.230 e. The number of carbonyl (C=O) groups excluding carboxylic acids is 2. The second-order valence-corrected chi connectivity index (χ2v) is 7.63. The molecule has 30 heavy (non-hydrogen) atoms. The number of carbonyl (C=O) groups is 2. The SMILES string of the molecule is O=C(Nc1cc(NC(=O)C2CCCOC2)nc(-c2ccccc2)n1)C1CCCOC1. The van der Waals surface area contributed by atoms with E-state index in [2.05, 4.69) is 20.6 Å². The van der Waals surface area contributed by atoms with Crippen molar-refractivity contribution in [2.45, 2.75) is 25.7 Å². The van der Waals surface area contributed by atoms with Gasteiger partial charge in [0, 0.05) is 24.8 Å². The average Bonchev–Trinajstić information content (AvgIpc) is 2.80. The van der Waals surface area contributed by atoms with E-state index in [-0.39, 0.29) is 23.7 Å². The van der Waals surface area contributed by atoms with E-state index in [1.807, 2.05) is 30.3 Å². The highest BCUT2D eigenvalue weighted by Gasteiger charge is 2.24. The van der Waals surface area contributed by atoms with Gasteiger partial charge in [-0.1, -0.05) is 30.3 Å². The number of anilines is 2. The Labute approximate surface area is 175 Å². The van der Waals surface area contributed by atoms with Crippen LogP contribution in [0.15, 0.2) is 36.4 Å². The Hall–Kier alpha value is -2.84. The lowest BCUT2D eigenvalue weighted by Gasteiger charge is -2.22. The maximum Gasteiger partial charge on any atom is 0.230 e. The van der Waals surface area contributed by atoms with Crippen LogP contribution in [0.5, 0.6) is 0 Å². The van der Waals surface area contributed by atoms with E-state index < -0.39 is 0 Å². The molecular weight excluding hydrogens is 384 g/mol. The predicted molar refractivity (Wildman–Crippen MR) is 112 cm³/mol. The third-order valence-corrected chi connectivity index (χ3v) is 5.32. The van der Waals surface area contributed by atoms with E-state index in [0.29, 0.717) is 43.9 Å². The number of ether oxygens (including phenoxy) is 2. The molecule has 4 rings (SSSR count). The highest BCUT2D eigenvalue weighted by atomic mass is 16.5. The molecule has 2 fully saturated rings. The molecule has 2 N–H and O–H groups in total. The number of nitrogens with zero attached hydrogens (tertiary/aromatic N) is 2. The number of rotatable bonds is 5. The molecule has 2 unspecified atom stereocenters. The average molecular weight is 410 g/mol. The van der Waals surface area contributed by atoms with Crippen molar-refractivity contribution in [1.29, 1.82) is 0 Å². The quantitative estimate of drug-likeness (QED) is 0.786. The lowest BCUT2D eigenvalue weighted by atomic mass is 10.0. The minimum atomic E-state index is -0.202. The molecular formula is C22H26N4O4. The fourth-order valence-electron chi connectivity index (χ4n) is 3.64. The minimum Gasteiger partial charge on any atom is -0.381 e. The molecule has 2 saturated heterocycles. The molecule has 0 saturated carbocycles. The van der Waals surface area contributed by atoms with Crippen molar-refractivity contribution in [3.8, 4) is 11.4 Å². The molecule has 8 nitrogen and oxygen atoms in total. The van der Waals surface area contributed by atoms with Gasteiger partial charge in [-0.05, 0) is 25.7 Å². The van der Waals surface area contributed by atoms with Crippen molar-refractivity contribution < 1.29 is 19.1 Å². The van der Waals surface area contributed by atoms with Gasteiger partial charge in [-0.15, -0.1) is 0 Å². The van der Waals surface area contributed by atoms with Crippen molar-refractivity contribution in [2.75, 3.05) is 37.1 Å². The molecule has 2 atom stereocenters. The van der Waals surface area contributed by atoms with Gasteiger partial charge in [0.2, 0.25) is 11.8 Å². The summed E-state index contributed by atoms with van der Waals surface area (Å²) in [4.78, 5) is 34.3. The second kappa shape index (κ2) is 9.77. The van der Waals surface area contributed by atoms with E-state index >= 15 is 0 Å². The zero-order valence-corrected chi connectivity index (χ0v) is 16.8. The Kier molecular flexibility index (Phi) is 6.66. The first kappa shape index (κ1) is 20.4. The summed E-state index contributed by atoms with van der Waals surface area (Å²) < 4.78 is 10.8. The van der Waals surface area contributed by atoms with Crippen LogP contribution in [0, 0.1) is 11.8 Å². The maximum atomic E-state index is 12.6. The minimum absolute atomic E-state index is 0.134. The summed E-state index contributed by atoms with van der Waals surface area (Å²) in [6.07, 6.45) is 3.30. The van der Waals surface area contributed by atoms with Crippen molar-refractivity contribution in [3.05, 3.63) is 36.4 Å². The van der Waals surface area contributed by atoms with Crippen LogP contribution in [0.1, 0.15) is 25.7 Å². The van der Waals surface area contributed by atoms with E-state index in [0.717, 1.165) is 31.2 Å². The fourth-order valence-corrected chi connectivity index (χ4v) is 3.64. The molecule has 0 radical (unpaired) electrons. The lowest BCUT2D eigenvalue weighted by molar-refractivity contribution is -0.124. The van der Waals surface area contributed by atoms with Gasteiger partial charge in [-0.25, -0.2) is 9.97 Å². The van der Waals surface area contributed by atoms with Gasteiger partial charge < -0.3 is 20.1 Å². The van der Waals surface area contributed by atoms with E-state index in [9.17, 15) is 9.59 Å². The molecule has 2 aliphatic heterocycles. The monoisotopic (exact) mass is 410 g/mol. The van der Waals surface area contributed by atoms with Crippen LogP contribution < -0.4 is 10.6 Å². The Bertz CT molecular complexity index is 828.